The summed E-state index contributed by atoms with van der Waals surface area (Å²) in [5.74, 6) is 0.984. The third-order valence-electron chi connectivity index (χ3n) is 2.56. The predicted octanol–water partition coefficient (Wildman–Crippen LogP) is 5.22. The Morgan fingerprint density at radius 2 is 1.88 bits per heavy atom. The van der Waals surface area contributed by atoms with Crippen molar-refractivity contribution in [2.24, 2.45) is 0 Å². The van der Waals surface area contributed by atoms with Gasteiger partial charge in [0.05, 0.1) is 12.6 Å². The summed E-state index contributed by atoms with van der Waals surface area (Å²) < 4.78 is 8.54. The number of benzene rings is 1. The van der Waals surface area contributed by atoms with Crippen molar-refractivity contribution in [1.29, 1.82) is 0 Å². The van der Waals surface area contributed by atoms with Crippen LogP contribution in [0.1, 0.15) is 17.3 Å². The highest BCUT2D eigenvalue weighted by Crippen LogP contribution is 2.37. The van der Waals surface area contributed by atoms with E-state index in [1.807, 2.05) is 29.6 Å². The first-order chi connectivity index (χ1) is 11.5. The summed E-state index contributed by atoms with van der Waals surface area (Å²) >= 11 is 18.5. The molecular weight excluding hydrogens is 393 g/mol. The van der Waals surface area contributed by atoms with Gasteiger partial charge < -0.3 is 9.15 Å². The zero-order valence-corrected chi connectivity index (χ0v) is 15.5. The van der Waals surface area contributed by atoms with Gasteiger partial charge in [-0.3, -0.25) is 4.98 Å². The van der Waals surface area contributed by atoms with E-state index in [-0.39, 0.29) is 11.8 Å². The number of halogens is 3. The molecule has 0 unspecified atom stereocenters. The Balaban J connectivity index is 0.000000355. The summed E-state index contributed by atoms with van der Waals surface area (Å²) in [6.07, 6.45) is 5.20. The monoisotopic (exact) mass is 403 g/mol. The van der Waals surface area contributed by atoms with Crippen molar-refractivity contribution >= 4 is 58.3 Å². The zero-order chi connectivity index (χ0) is 17.4. The molecule has 0 fully saturated rings. The number of hydrogen-bond donors (Lipinski definition) is 0. The number of methoxy groups -OCH3 is 1. The average Bonchev–Trinajstić information content (AvgIpc) is 3.27. The molecule has 0 aliphatic heterocycles. The number of alkyl halides is 3. The number of thiazole rings is 1. The number of hydrogen-bond acceptors (Lipinski definition) is 6. The molecule has 0 spiro atoms. The van der Waals surface area contributed by atoms with Crippen molar-refractivity contribution in [3.63, 3.8) is 0 Å². The lowest BCUT2D eigenvalue weighted by Gasteiger charge is -2.01. The van der Waals surface area contributed by atoms with Crippen molar-refractivity contribution in [2.45, 2.75) is 3.79 Å². The van der Waals surface area contributed by atoms with E-state index in [4.69, 9.17) is 44.0 Å². The Morgan fingerprint density at radius 1 is 1.12 bits per heavy atom. The third-order valence-corrected chi connectivity index (χ3v) is 3.57. The lowest BCUT2D eigenvalue weighted by molar-refractivity contribution is 0.415. The quantitative estimate of drug-likeness (QED) is 0.560. The zero-order valence-electron chi connectivity index (χ0n) is 12.4. The SMILES string of the molecule is COc1ccc(C=Cc2nnc(C(Cl)(Cl)Cl)o2)cc1.c1cscn1. The maximum atomic E-state index is 5.62. The van der Waals surface area contributed by atoms with Gasteiger partial charge in [0.15, 0.2) is 0 Å². The van der Waals surface area contributed by atoms with E-state index in [0.29, 0.717) is 0 Å². The number of ether oxygens (including phenoxy) is 1. The van der Waals surface area contributed by atoms with E-state index in [1.165, 1.54) is 0 Å². The maximum Gasteiger partial charge on any atom is 0.268 e. The van der Waals surface area contributed by atoms with Crippen LogP contribution < -0.4 is 4.74 Å². The highest BCUT2D eigenvalue weighted by atomic mass is 35.6. The lowest BCUT2D eigenvalue weighted by Crippen LogP contribution is -1.99. The number of rotatable bonds is 3. The molecule has 0 saturated carbocycles. The van der Waals surface area contributed by atoms with Gasteiger partial charge in [0.25, 0.3) is 9.68 Å². The van der Waals surface area contributed by atoms with Crippen molar-refractivity contribution < 1.29 is 9.15 Å². The van der Waals surface area contributed by atoms with Crippen LogP contribution in [-0.4, -0.2) is 22.3 Å². The summed E-state index contributed by atoms with van der Waals surface area (Å²) in [4.78, 5) is 3.74. The summed E-state index contributed by atoms with van der Waals surface area (Å²) in [5, 5.41) is 9.32. The van der Waals surface area contributed by atoms with Gasteiger partial charge in [0, 0.05) is 17.7 Å². The van der Waals surface area contributed by atoms with Crippen LogP contribution in [0.15, 0.2) is 45.8 Å². The molecule has 0 aliphatic carbocycles. The fraction of sp³-hybridized carbons (Fsp3) is 0.133. The first-order valence-electron chi connectivity index (χ1n) is 6.54. The normalized spacial score (nSPS) is 11.2. The van der Waals surface area contributed by atoms with Gasteiger partial charge in [-0.1, -0.05) is 46.9 Å². The molecule has 0 radical (unpaired) electrons. The first-order valence-corrected chi connectivity index (χ1v) is 8.61. The van der Waals surface area contributed by atoms with Crippen LogP contribution in [-0.2, 0) is 3.79 Å². The molecule has 0 atom stereocenters. The van der Waals surface area contributed by atoms with Crippen molar-refractivity contribution in [3.05, 3.63) is 58.7 Å². The van der Waals surface area contributed by atoms with Crippen molar-refractivity contribution in [1.82, 2.24) is 15.2 Å². The minimum absolute atomic E-state index is 0.0631. The first kappa shape index (κ1) is 18.7. The Hall–Kier alpha value is -1.60. The molecule has 126 valence electrons. The molecule has 3 rings (SSSR count). The van der Waals surface area contributed by atoms with Gasteiger partial charge in [-0.15, -0.1) is 21.5 Å². The van der Waals surface area contributed by atoms with E-state index in [1.54, 1.807) is 42.3 Å². The summed E-state index contributed by atoms with van der Waals surface area (Å²) in [7, 11) is 1.61. The fourth-order valence-corrected chi connectivity index (χ4v) is 2.06. The lowest BCUT2D eigenvalue weighted by atomic mass is 10.2. The van der Waals surface area contributed by atoms with Crippen LogP contribution in [0.5, 0.6) is 5.75 Å². The average molecular weight is 405 g/mol. The van der Waals surface area contributed by atoms with Gasteiger partial charge in [0.2, 0.25) is 5.89 Å². The summed E-state index contributed by atoms with van der Waals surface area (Å²) in [5.41, 5.74) is 2.74. The van der Waals surface area contributed by atoms with Gasteiger partial charge in [-0.05, 0) is 23.8 Å². The standard InChI is InChI=1S/C12H9Cl3N2O2.C3H3NS/c1-18-9-5-2-8(3-6-9)4-7-10-16-17-11(19-10)12(13,14)15;1-2-5-3-4-1/h2-7H,1H3;1-3H. The van der Waals surface area contributed by atoms with Gasteiger partial charge in [-0.2, -0.15) is 0 Å². The largest absolute Gasteiger partial charge is 0.497 e. The van der Waals surface area contributed by atoms with Crippen molar-refractivity contribution in [3.8, 4) is 5.75 Å². The second-order valence-corrected chi connectivity index (χ2v) is 7.26. The topological polar surface area (TPSA) is 61.0 Å². The second-order valence-electron chi connectivity index (χ2n) is 4.23. The van der Waals surface area contributed by atoms with E-state index < -0.39 is 3.79 Å². The molecule has 0 saturated heterocycles. The van der Waals surface area contributed by atoms with Crippen LogP contribution in [0.25, 0.3) is 12.2 Å². The molecular formula is C15H12Cl3N3O2S. The van der Waals surface area contributed by atoms with Crippen LogP contribution in [0, 0.1) is 0 Å². The highest BCUT2D eigenvalue weighted by molar-refractivity contribution is 7.07. The minimum atomic E-state index is -1.71. The van der Waals surface area contributed by atoms with Crippen LogP contribution in [0.2, 0.25) is 0 Å². The molecule has 2 aromatic heterocycles. The summed E-state index contributed by atoms with van der Waals surface area (Å²) in [6.45, 7) is 0. The molecule has 0 N–H and O–H groups in total. The Bertz CT molecular complexity index is 736. The van der Waals surface area contributed by atoms with E-state index in [0.717, 1.165) is 11.3 Å². The maximum absolute atomic E-state index is 5.62. The Kier molecular flexibility index (Phi) is 7.05. The van der Waals surface area contributed by atoms with Gasteiger partial charge in [0.1, 0.15) is 5.75 Å². The minimum Gasteiger partial charge on any atom is -0.497 e. The number of aromatic nitrogens is 3. The smallest absolute Gasteiger partial charge is 0.268 e. The van der Waals surface area contributed by atoms with E-state index in [9.17, 15) is 0 Å². The van der Waals surface area contributed by atoms with Crippen LogP contribution in [0.4, 0.5) is 0 Å². The summed E-state index contributed by atoms with van der Waals surface area (Å²) in [6, 6.07) is 7.48. The Morgan fingerprint density at radius 3 is 2.33 bits per heavy atom. The van der Waals surface area contributed by atoms with Crippen molar-refractivity contribution in [2.75, 3.05) is 7.11 Å². The molecule has 5 nitrogen and oxygen atoms in total. The van der Waals surface area contributed by atoms with E-state index in [2.05, 4.69) is 15.2 Å². The van der Waals surface area contributed by atoms with Gasteiger partial charge in [-0.25, -0.2) is 0 Å². The fourth-order valence-electron chi connectivity index (χ4n) is 1.47. The third kappa shape index (κ3) is 6.13. The highest BCUT2D eigenvalue weighted by Gasteiger charge is 2.29. The molecule has 1 aromatic carbocycles. The molecule has 2 heterocycles. The Labute approximate surface area is 157 Å². The molecule has 24 heavy (non-hydrogen) atoms. The molecule has 9 heteroatoms. The molecule has 0 amide bonds. The van der Waals surface area contributed by atoms with Crippen LogP contribution in [0.3, 0.4) is 0 Å². The predicted molar refractivity (Wildman–Crippen MR) is 97.6 cm³/mol. The van der Waals surface area contributed by atoms with Crippen LogP contribution >= 0.6 is 46.1 Å². The molecule has 0 aliphatic rings. The second kappa shape index (κ2) is 9.03. The van der Waals surface area contributed by atoms with Gasteiger partial charge >= 0.3 is 0 Å². The number of nitrogens with zero attached hydrogens (tertiary/aromatic N) is 3. The molecule has 3 aromatic rings. The van der Waals surface area contributed by atoms with E-state index >= 15 is 0 Å². The molecule has 0 bridgehead atoms.